The fourth-order valence-electron chi connectivity index (χ4n) is 2.23. The molecule has 0 atom stereocenters. The van der Waals surface area contributed by atoms with Crippen molar-refractivity contribution >= 4 is 22.8 Å². The summed E-state index contributed by atoms with van der Waals surface area (Å²) in [6.07, 6.45) is 2.98. The molecule has 1 aliphatic carbocycles. The van der Waals surface area contributed by atoms with Crippen molar-refractivity contribution in [1.82, 2.24) is 15.1 Å². The first-order valence-corrected chi connectivity index (χ1v) is 6.51. The summed E-state index contributed by atoms with van der Waals surface area (Å²) in [6.45, 7) is 0.295. The summed E-state index contributed by atoms with van der Waals surface area (Å²) in [5, 5.41) is 16.9. The van der Waals surface area contributed by atoms with Crippen LogP contribution >= 0.6 is 0 Å². The number of rotatable bonds is 5. The van der Waals surface area contributed by atoms with Gasteiger partial charge in [0.15, 0.2) is 0 Å². The molecule has 0 radical (unpaired) electrons. The van der Waals surface area contributed by atoms with E-state index in [-0.39, 0.29) is 19.0 Å². The van der Waals surface area contributed by atoms with Crippen molar-refractivity contribution in [2.75, 3.05) is 6.54 Å². The van der Waals surface area contributed by atoms with Crippen molar-refractivity contribution in [3.63, 3.8) is 0 Å². The minimum Gasteiger partial charge on any atom is -0.481 e. The topological polar surface area (TPSA) is 84.2 Å². The lowest BCUT2D eigenvalue weighted by Crippen LogP contribution is -2.36. The summed E-state index contributed by atoms with van der Waals surface area (Å²) >= 11 is 0. The molecule has 1 heterocycles. The summed E-state index contributed by atoms with van der Waals surface area (Å²) in [4.78, 5) is 22.9. The van der Waals surface area contributed by atoms with E-state index in [1.54, 1.807) is 10.9 Å². The van der Waals surface area contributed by atoms with Gasteiger partial charge in [-0.3, -0.25) is 14.3 Å². The summed E-state index contributed by atoms with van der Waals surface area (Å²) in [6, 6.07) is 7.63. The number of benzene rings is 1. The van der Waals surface area contributed by atoms with Gasteiger partial charge in [-0.15, -0.1) is 0 Å². The zero-order valence-corrected chi connectivity index (χ0v) is 10.9. The van der Waals surface area contributed by atoms with E-state index in [2.05, 4.69) is 10.4 Å². The number of amides is 1. The predicted molar refractivity (Wildman–Crippen MR) is 72.0 cm³/mol. The van der Waals surface area contributed by atoms with Crippen LogP contribution in [-0.4, -0.2) is 33.3 Å². The Balaban J connectivity index is 1.63. The van der Waals surface area contributed by atoms with Gasteiger partial charge in [0.2, 0.25) is 5.91 Å². The Hall–Kier alpha value is -2.37. The van der Waals surface area contributed by atoms with E-state index in [1.807, 2.05) is 24.3 Å². The van der Waals surface area contributed by atoms with Gasteiger partial charge in [0.25, 0.3) is 0 Å². The molecule has 2 aromatic rings. The van der Waals surface area contributed by atoms with Gasteiger partial charge in [0, 0.05) is 11.9 Å². The first-order chi connectivity index (χ1) is 9.61. The van der Waals surface area contributed by atoms with Gasteiger partial charge in [-0.05, 0) is 18.9 Å². The Morgan fingerprint density at radius 1 is 1.35 bits per heavy atom. The summed E-state index contributed by atoms with van der Waals surface area (Å²) in [5.41, 5.74) is 0.156. The Morgan fingerprint density at radius 2 is 2.10 bits per heavy atom. The van der Waals surface area contributed by atoms with Gasteiger partial charge in [0.1, 0.15) is 6.54 Å². The molecule has 0 bridgehead atoms. The number of carboxylic acids is 1. The van der Waals surface area contributed by atoms with Crippen LogP contribution in [0.1, 0.15) is 12.8 Å². The van der Waals surface area contributed by atoms with E-state index in [9.17, 15) is 9.59 Å². The van der Waals surface area contributed by atoms with E-state index in [4.69, 9.17) is 5.11 Å². The molecule has 6 heteroatoms. The number of aromatic nitrogens is 2. The van der Waals surface area contributed by atoms with E-state index in [0.717, 1.165) is 10.9 Å². The van der Waals surface area contributed by atoms with Crippen LogP contribution in [0.4, 0.5) is 0 Å². The summed E-state index contributed by atoms with van der Waals surface area (Å²) in [5.74, 6) is -1.05. The van der Waals surface area contributed by atoms with Gasteiger partial charge in [-0.1, -0.05) is 18.2 Å². The fraction of sp³-hybridized carbons (Fsp3) is 0.357. The zero-order valence-electron chi connectivity index (χ0n) is 10.9. The lowest BCUT2D eigenvalue weighted by atomic mass is 10.1. The van der Waals surface area contributed by atoms with Crippen molar-refractivity contribution in [2.24, 2.45) is 5.41 Å². The fourth-order valence-corrected chi connectivity index (χ4v) is 2.23. The Morgan fingerprint density at radius 3 is 2.80 bits per heavy atom. The first kappa shape index (κ1) is 12.7. The maximum atomic E-state index is 11.9. The molecule has 3 rings (SSSR count). The maximum Gasteiger partial charge on any atom is 0.311 e. The van der Waals surface area contributed by atoms with Crippen LogP contribution < -0.4 is 5.32 Å². The molecule has 1 amide bonds. The Kier molecular flexibility index (Phi) is 2.93. The van der Waals surface area contributed by atoms with Crippen LogP contribution in [0.25, 0.3) is 10.9 Å². The number of nitrogens with zero attached hydrogens (tertiary/aromatic N) is 2. The average Bonchev–Trinajstić information content (AvgIpc) is 3.14. The van der Waals surface area contributed by atoms with Crippen molar-refractivity contribution < 1.29 is 14.7 Å². The lowest BCUT2D eigenvalue weighted by molar-refractivity contribution is -0.143. The number of hydrogen-bond acceptors (Lipinski definition) is 3. The average molecular weight is 273 g/mol. The second-order valence-corrected chi connectivity index (χ2v) is 5.22. The molecule has 6 nitrogen and oxygen atoms in total. The summed E-state index contributed by atoms with van der Waals surface area (Å²) < 4.78 is 1.62. The first-order valence-electron chi connectivity index (χ1n) is 6.51. The molecular formula is C14H15N3O3. The molecule has 1 aliphatic rings. The minimum absolute atomic E-state index is 0.100. The molecule has 1 aromatic carbocycles. The highest BCUT2D eigenvalue weighted by Gasteiger charge is 2.50. The third-order valence-corrected chi connectivity index (χ3v) is 3.78. The normalized spacial score (nSPS) is 16.0. The number of carboxylic acid groups (broad SMARTS) is 1. The largest absolute Gasteiger partial charge is 0.481 e. The Bertz CT molecular complexity index is 673. The smallest absolute Gasteiger partial charge is 0.311 e. The number of hydrogen-bond donors (Lipinski definition) is 2. The molecule has 0 aliphatic heterocycles. The highest BCUT2D eigenvalue weighted by atomic mass is 16.4. The molecular weight excluding hydrogens is 258 g/mol. The number of carbonyl (C=O) groups is 2. The molecule has 1 aromatic heterocycles. The number of carbonyl (C=O) groups excluding carboxylic acids is 1. The van der Waals surface area contributed by atoms with Crippen molar-refractivity contribution in [2.45, 2.75) is 19.4 Å². The quantitative estimate of drug-likeness (QED) is 0.851. The molecule has 0 spiro atoms. The van der Waals surface area contributed by atoms with E-state index >= 15 is 0 Å². The molecule has 2 N–H and O–H groups in total. The highest BCUT2D eigenvalue weighted by Crippen LogP contribution is 2.45. The molecule has 20 heavy (non-hydrogen) atoms. The monoisotopic (exact) mass is 273 g/mol. The zero-order chi connectivity index (χ0) is 14.2. The van der Waals surface area contributed by atoms with Gasteiger partial charge in [-0.2, -0.15) is 5.10 Å². The van der Waals surface area contributed by atoms with Crippen LogP contribution in [0.5, 0.6) is 0 Å². The van der Waals surface area contributed by atoms with Crippen LogP contribution in [0.15, 0.2) is 30.5 Å². The van der Waals surface area contributed by atoms with Crippen molar-refractivity contribution in [1.29, 1.82) is 0 Å². The SMILES string of the molecule is O=C(Cn1ncc2ccccc21)NCC1(C(=O)O)CC1. The Labute approximate surface area is 115 Å². The van der Waals surface area contributed by atoms with E-state index in [0.29, 0.717) is 12.8 Å². The third kappa shape index (κ3) is 2.24. The molecule has 0 unspecified atom stereocenters. The lowest BCUT2D eigenvalue weighted by Gasteiger charge is -2.11. The van der Waals surface area contributed by atoms with Crippen LogP contribution in [0, 0.1) is 5.41 Å². The minimum atomic E-state index is -0.831. The third-order valence-electron chi connectivity index (χ3n) is 3.78. The summed E-state index contributed by atoms with van der Waals surface area (Å²) in [7, 11) is 0. The van der Waals surface area contributed by atoms with Crippen LogP contribution in [0.3, 0.4) is 0 Å². The van der Waals surface area contributed by atoms with Gasteiger partial charge < -0.3 is 10.4 Å². The van der Waals surface area contributed by atoms with Gasteiger partial charge in [-0.25, -0.2) is 0 Å². The van der Waals surface area contributed by atoms with Crippen LogP contribution in [-0.2, 0) is 16.1 Å². The molecule has 0 saturated heterocycles. The van der Waals surface area contributed by atoms with Gasteiger partial charge >= 0.3 is 5.97 Å². The number of para-hydroxylation sites is 1. The van der Waals surface area contributed by atoms with Crippen LogP contribution in [0.2, 0.25) is 0 Å². The number of aliphatic carboxylic acids is 1. The van der Waals surface area contributed by atoms with Gasteiger partial charge in [0.05, 0.1) is 17.1 Å². The highest BCUT2D eigenvalue weighted by molar-refractivity contribution is 5.83. The van der Waals surface area contributed by atoms with E-state index in [1.165, 1.54) is 0 Å². The molecule has 104 valence electrons. The van der Waals surface area contributed by atoms with E-state index < -0.39 is 11.4 Å². The predicted octanol–water partition coefficient (Wildman–Crippen LogP) is 1.02. The number of fused-ring (bicyclic) bond motifs is 1. The second-order valence-electron chi connectivity index (χ2n) is 5.22. The second kappa shape index (κ2) is 4.63. The maximum absolute atomic E-state index is 11.9. The van der Waals surface area contributed by atoms with Crippen molar-refractivity contribution in [3.8, 4) is 0 Å². The van der Waals surface area contributed by atoms with Crippen molar-refractivity contribution in [3.05, 3.63) is 30.5 Å². The molecule has 1 fully saturated rings. The number of nitrogens with one attached hydrogen (secondary N) is 1. The molecule has 1 saturated carbocycles. The standard InChI is InChI=1S/C14H15N3O3/c18-12(15-9-14(5-6-14)13(19)20)8-17-11-4-2-1-3-10(11)7-16-17/h1-4,7H,5-6,8-9H2,(H,15,18)(H,19,20).